The van der Waals surface area contributed by atoms with Gasteiger partial charge in [-0.25, -0.2) is 0 Å². The van der Waals surface area contributed by atoms with E-state index in [0.717, 1.165) is 37.1 Å². The standard InChI is InChI=1S/C19H28N2O3/c1-23-17-11-18(20-13-17)19(22)21-12-14-7-9-16(10-8-14)24-15-5-3-2-4-6-15/h7-10,15,17-18,20H,2-6,11-13H2,1H3,(H,21,22)/t17-,18+/m0/s1. The molecule has 5 heteroatoms. The van der Waals surface area contributed by atoms with Crippen molar-refractivity contribution in [1.29, 1.82) is 0 Å². The quantitative estimate of drug-likeness (QED) is 0.840. The topological polar surface area (TPSA) is 59.6 Å². The fraction of sp³-hybridized carbons (Fsp3) is 0.632. The van der Waals surface area contributed by atoms with Gasteiger partial charge in [0.1, 0.15) is 5.75 Å². The molecular formula is C19H28N2O3. The van der Waals surface area contributed by atoms with Gasteiger partial charge >= 0.3 is 0 Å². The third-order valence-electron chi connectivity index (χ3n) is 4.99. The van der Waals surface area contributed by atoms with Crippen LogP contribution in [0.15, 0.2) is 24.3 Å². The molecule has 0 spiro atoms. The molecule has 1 aliphatic carbocycles. The van der Waals surface area contributed by atoms with Crippen molar-refractivity contribution in [3.63, 3.8) is 0 Å². The maximum atomic E-state index is 12.2. The van der Waals surface area contributed by atoms with Crippen LogP contribution in [0.4, 0.5) is 0 Å². The summed E-state index contributed by atoms with van der Waals surface area (Å²) in [5.74, 6) is 0.967. The van der Waals surface area contributed by atoms with Crippen molar-refractivity contribution >= 4 is 5.91 Å². The fourth-order valence-corrected chi connectivity index (χ4v) is 3.46. The molecule has 1 amide bonds. The molecule has 1 aliphatic heterocycles. The average molecular weight is 332 g/mol. The lowest BCUT2D eigenvalue weighted by atomic mass is 9.98. The van der Waals surface area contributed by atoms with E-state index in [-0.39, 0.29) is 18.1 Å². The van der Waals surface area contributed by atoms with Gasteiger partial charge in [-0.2, -0.15) is 0 Å². The summed E-state index contributed by atoms with van der Waals surface area (Å²) in [7, 11) is 1.68. The lowest BCUT2D eigenvalue weighted by Crippen LogP contribution is -2.39. The highest BCUT2D eigenvalue weighted by atomic mass is 16.5. The summed E-state index contributed by atoms with van der Waals surface area (Å²) >= 11 is 0. The molecule has 1 saturated carbocycles. The minimum Gasteiger partial charge on any atom is -0.490 e. The van der Waals surface area contributed by atoms with E-state index in [2.05, 4.69) is 10.6 Å². The molecule has 24 heavy (non-hydrogen) atoms. The van der Waals surface area contributed by atoms with Crippen LogP contribution in [0, 0.1) is 0 Å². The molecule has 2 fully saturated rings. The van der Waals surface area contributed by atoms with Crippen molar-refractivity contribution in [1.82, 2.24) is 10.6 Å². The zero-order chi connectivity index (χ0) is 16.8. The lowest BCUT2D eigenvalue weighted by molar-refractivity contribution is -0.123. The van der Waals surface area contributed by atoms with Gasteiger partial charge in [0.05, 0.1) is 18.2 Å². The van der Waals surface area contributed by atoms with Crippen molar-refractivity contribution in [3.05, 3.63) is 29.8 Å². The van der Waals surface area contributed by atoms with Crippen LogP contribution in [-0.4, -0.2) is 37.8 Å². The van der Waals surface area contributed by atoms with Gasteiger partial charge in [-0.3, -0.25) is 4.79 Å². The smallest absolute Gasteiger partial charge is 0.237 e. The van der Waals surface area contributed by atoms with E-state index < -0.39 is 0 Å². The third-order valence-corrected chi connectivity index (χ3v) is 4.99. The molecule has 2 aliphatic rings. The maximum absolute atomic E-state index is 12.2. The number of ether oxygens (including phenoxy) is 2. The Kier molecular flexibility index (Phi) is 6.10. The summed E-state index contributed by atoms with van der Waals surface area (Å²) in [5.41, 5.74) is 1.08. The Labute approximate surface area is 144 Å². The molecule has 0 aromatic heterocycles. The molecular weight excluding hydrogens is 304 g/mol. The first kappa shape index (κ1) is 17.2. The Morgan fingerprint density at radius 2 is 1.92 bits per heavy atom. The average Bonchev–Trinajstić information content (AvgIpc) is 3.11. The van der Waals surface area contributed by atoms with Crippen molar-refractivity contribution in [2.45, 2.75) is 63.3 Å². The number of carbonyl (C=O) groups is 1. The van der Waals surface area contributed by atoms with Gasteiger partial charge in [-0.15, -0.1) is 0 Å². The zero-order valence-electron chi connectivity index (χ0n) is 14.4. The molecule has 0 unspecified atom stereocenters. The Morgan fingerprint density at radius 1 is 1.17 bits per heavy atom. The normalized spacial score (nSPS) is 24.7. The highest BCUT2D eigenvalue weighted by Crippen LogP contribution is 2.23. The maximum Gasteiger partial charge on any atom is 0.237 e. The summed E-state index contributed by atoms with van der Waals surface area (Å²) in [4.78, 5) is 12.2. The Bertz CT molecular complexity index is 526. The fourth-order valence-electron chi connectivity index (χ4n) is 3.46. The van der Waals surface area contributed by atoms with Crippen LogP contribution in [0.2, 0.25) is 0 Å². The summed E-state index contributed by atoms with van der Waals surface area (Å²) < 4.78 is 11.3. The number of amides is 1. The van der Waals surface area contributed by atoms with E-state index in [1.54, 1.807) is 7.11 Å². The van der Waals surface area contributed by atoms with Crippen LogP contribution < -0.4 is 15.4 Å². The minimum atomic E-state index is -0.149. The first-order valence-electron chi connectivity index (χ1n) is 9.04. The lowest BCUT2D eigenvalue weighted by Gasteiger charge is -2.23. The molecule has 1 aromatic carbocycles. The van der Waals surface area contributed by atoms with E-state index in [1.807, 2.05) is 24.3 Å². The summed E-state index contributed by atoms with van der Waals surface area (Å²) in [6, 6.07) is 7.91. The van der Waals surface area contributed by atoms with Gasteiger partial charge in [0, 0.05) is 20.2 Å². The molecule has 132 valence electrons. The van der Waals surface area contributed by atoms with Gasteiger partial charge in [0.15, 0.2) is 0 Å². The Hall–Kier alpha value is -1.59. The Morgan fingerprint density at radius 3 is 2.58 bits per heavy atom. The van der Waals surface area contributed by atoms with Gasteiger partial charge in [-0.1, -0.05) is 18.6 Å². The third kappa shape index (κ3) is 4.71. The van der Waals surface area contributed by atoms with Gasteiger partial charge in [-0.05, 0) is 49.8 Å². The predicted molar refractivity (Wildman–Crippen MR) is 93.0 cm³/mol. The van der Waals surface area contributed by atoms with Gasteiger partial charge < -0.3 is 20.1 Å². The highest BCUT2D eigenvalue weighted by molar-refractivity contribution is 5.82. The number of benzene rings is 1. The minimum absolute atomic E-state index is 0.0390. The van der Waals surface area contributed by atoms with Crippen LogP contribution in [-0.2, 0) is 16.1 Å². The number of methoxy groups -OCH3 is 1. The molecule has 0 bridgehead atoms. The van der Waals surface area contributed by atoms with E-state index in [9.17, 15) is 4.79 Å². The number of hydrogen-bond donors (Lipinski definition) is 2. The van der Waals surface area contributed by atoms with Gasteiger partial charge in [0.2, 0.25) is 5.91 Å². The van der Waals surface area contributed by atoms with Crippen molar-refractivity contribution in [3.8, 4) is 5.75 Å². The van der Waals surface area contributed by atoms with E-state index in [0.29, 0.717) is 12.6 Å². The van der Waals surface area contributed by atoms with Crippen LogP contribution in [0.3, 0.4) is 0 Å². The molecule has 0 radical (unpaired) electrons. The molecule has 1 saturated heterocycles. The SMILES string of the molecule is CO[C@@H]1CN[C@@H](C(=O)NCc2ccc(OC3CCCCC3)cc2)C1. The first-order chi connectivity index (χ1) is 11.7. The second kappa shape index (κ2) is 8.49. The van der Waals surface area contributed by atoms with Crippen molar-refractivity contribution in [2.75, 3.05) is 13.7 Å². The predicted octanol–water partition coefficient (Wildman–Crippen LogP) is 2.39. The van der Waals surface area contributed by atoms with E-state index >= 15 is 0 Å². The number of hydrogen-bond acceptors (Lipinski definition) is 4. The van der Waals surface area contributed by atoms with Crippen LogP contribution in [0.1, 0.15) is 44.1 Å². The molecule has 5 nitrogen and oxygen atoms in total. The molecule has 3 rings (SSSR count). The molecule has 1 heterocycles. The van der Waals surface area contributed by atoms with Crippen LogP contribution in [0.25, 0.3) is 0 Å². The van der Waals surface area contributed by atoms with Gasteiger partial charge in [0.25, 0.3) is 0 Å². The monoisotopic (exact) mass is 332 g/mol. The zero-order valence-corrected chi connectivity index (χ0v) is 14.4. The van der Waals surface area contributed by atoms with E-state index in [4.69, 9.17) is 9.47 Å². The second-order valence-electron chi connectivity index (χ2n) is 6.79. The first-order valence-corrected chi connectivity index (χ1v) is 9.04. The molecule has 1 aromatic rings. The van der Waals surface area contributed by atoms with Crippen LogP contribution in [0.5, 0.6) is 5.75 Å². The molecule has 2 atom stereocenters. The summed E-state index contributed by atoms with van der Waals surface area (Å²) in [5, 5.41) is 6.18. The van der Waals surface area contributed by atoms with E-state index in [1.165, 1.54) is 19.3 Å². The summed E-state index contributed by atoms with van der Waals surface area (Å²) in [6.45, 7) is 1.28. The number of carbonyl (C=O) groups excluding carboxylic acids is 1. The van der Waals surface area contributed by atoms with Crippen molar-refractivity contribution in [2.24, 2.45) is 0 Å². The largest absolute Gasteiger partial charge is 0.490 e. The van der Waals surface area contributed by atoms with Crippen LogP contribution >= 0.6 is 0 Å². The number of rotatable bonds is 6. The molecule has 2 N–H and O–H groups in total. The van der Waals surface area contributed by atoms with Crippen molar-refractivity contribution < 1.29 is 14.3 Å². The highest BCUT2D eigenvalue weighted by Gasteiger charge is 2.28. The summed E-state index contributed by atoms with van der Waals surface area (Å²) in [6.07, 6.45) is 7.43. The Balaban J connectivity index is 1.43. The second-order valence-corrected chi connectivity index (χ2v) is 6.79. The number of nitrogens with one attached hydrogen (secondary N) is 2.